The Morgan fingerprint density at radius 1 is 0.808 bits per heavy atom. The van der Waals surface area contributed by atoms with Gasteiger partial charge in [0.05, 0.1) is 18.9 Å². The van der Waals surface area contributed by atoms with E-state index in [1.54, 1.807) is 0 Å². The average molecular weight is 376 g/mol. The number of aliphatic carboxylic acids is 3. The molecule has 146 valence electrons. The van der Waals surface area contributed by atoms with E-state index in [9.17, 15) is 28.8 Å². The molecule has 0 saturated carbocycles. The number of nitrogens with two attached hydrogens (primary N) is 2. The van der Waals surface area contributed by atoms with Gasteiger partial charge in [-0.1, -0.05) is 0 Å². The highest BCUT2D eigenvalue weighted by Gasteiger charge is 2.30. The van der Waals surface area contributed by atoms with Gasteiger partial charge in [0.15, 0.2) is 0 Å². The predicted molar refractivity (Wildman–Crippen MR) is 82.4 cm³/mol. The maximum Gasteiger partial charge on any atom is 0.326 e. The minimum atomic E-state index is -1.70. The van der Waals surface area contributed by atoms with E-state index in [1.807, 2.05) is 10.6 Å². The van der Waals surface area contributed by atoms with Crippen molar-refractivity contribution >= 4 is 35.6 Å². The molecule has 0 aromatic rings. The highest BCUT2D eigenvalue weighted by molar-refractivity contribution is 5.94. The van der Waals surface area contributed by atoms with Gasteiger partial charge in [0.25, 0.3) is 0 Å². The number of carboxylic acid groups (broad SMARTS) is 3. The van der Waals surface area contributed by atoms with Gasteiger partial charge in [-0.2, -0.15) is 0 Å². The van der Waals surface area contributed by atoms with Gasteiger partial charge in [-0.15, -0.1) is 0 Å². The van der Waals surface area contributed by atoms with Crippen LogP contribution in [0.1, 0.15) is 25.7 Å². The van der Waals surface area contributed by atoms with Gasteiger partial charge in [0.2, 0.25) is 17.7 Å². The summed E-state index contributed by atoms with van der Waals surface area (Å²) in [5, 5.41) is 30.3. The van der Waals surface area contributed by atoms with Crippen molar-refractivity contribution < 1.29 is 44.1 Å². The Morgan fingerprint density at radius 2 is 1.31 bits per heavy atom. The van der Waals surface area contributed by atoms with E-state index < -0.39 is 66.6 Å². The van der Waals surface area contributed by atoms with Gasteiger partial charge in [0.1, 0.15) is 12.1 Å². The molecule has 26 heavy (non-hydrogen) atoms. The zero-order valence-corrected chi connectivity index (χ0v) is 13.5. The lowest BCUT2D eigenvalue weighted by Gasteiger charge is -2.21. The molecule has 3 amide bonds. The second kappa shape index (κ2) is 10.6. The first-order chi connectivity index (χ1) is 11.9. The molecule has 0 heterocycles. The molecule has 0 aliphatic carbocycles. The third-order valence-corrected chi connectivity index (χ3v) is 3.04. The van der Waals surface area contributed by atoms with Gasteiger partial charge < -0.3 is 37.4 Å². The first-order valence-corrected chi connectivity index (χ1v) is 7.25. The number of carbonyl (C=O) groups is 6. The molecule has 13 nitrogen and oxygen atoms in total. The van der Waals surface area contributed by atoms with Crippen molar-refractivity contribution in [2.24, 2.45) is 11.5 Å². The van der Waals surface area contributed by atoms with Gasteiger partial charge in [-0.3, -0.25) is 24.0 Å². The zero-order chi connectivity index (χ0) is 20.4. The van der Waals surface area contributed by atoms with Crippen LogP contribution in [-0.4, -0.2) is 69.1 Å². The number of carbonyl (C=O) groups excluding carboxylic acids is 3. The summed E-state index contributed by atoms with van der Waals surface area (Å²) in [5.74, 6) is -7.42. The lowest BCUT2D eigenvalue weighted by molar-refractivity contribution is -0.144. The van der Waals surface area contributed by atoms with Crippen LogP contribution in [0.15, 0.2) is 0 Å². The van der Waals surface area contributed by atoms with Crippen LogP contribution in [0, 0.1) is 0 Å². The molecule has 0 aliphatic rings. The van der Waals surface area contributed by atoms with Crippen molar-refractivity contribution in [2.75, 3.05) is 0 Å². The standard InChI is InChI=1S/C13H20N4O9/c14-5(3-9(19)20)11(23)17-7(4-10(21)22)12(24)16-6(13(25)26)1-2-8(15)18/h5-7H,1-4,14H2,(H2,15,18)(H,16,24)(H,17,23)(H,19,20)(H,21,22)(H,25,26)/t5-,6-,7-/m0/s1. The third-order valence-electron chi connectivity index (χ3n) is 3.04. The highest BCUT2D eigenvalue weighted by atomic mass is 16.4. The normalized spacial score (nSPS) is 13.7. The van der Waals surface area contributed by atoms with Gasteiger partial charge in [-0.05, 0) is 6.42 Å². The van der Waals surface area contributed by atoms with E-state index in [1.165, 1.54) is 0 Å². The van der Waals surface area contributed by atoms with E-state index in [4.69, 9.17) is 26.8 Å². The number of carboxylic acids is 3. The molecule has 0 fully saturated rings. The predicted octanol–water partition coefficient (Wildman–Crippen LogP) is -3.42. The van der Waals surface area contributed by atoms with Crippen LogP contribution in [0.25, 0.3) is 0 Å². The summed E-state index contributed by atoms with van der Waals surface area (Å²) in [6, 6.07) is -4.78. The minimum absolute atomic E-state index is 0.345. The Labute approximate surface area is 146 Å². The molecular weight excluding hydrogens is 356 g/mol. The molecular formula is C13H20N4O9. The van der Waals surface area contributed by atoms with Crippen molar-refractivity contribution in [1.29, 1.82) is 0 Å². The Balaban J connectivity index is 5.08. The van der Waals surface area contributed by atoms with E-state index >= 15 is 0 Å². The minimum Gasteiger partial charge on any atom is -0.481 e. The highest BCUT2D eigenvalue weighted by Crippen LogP contribution is 2.01. The first-order valence-electron chi connectivity index (χ1n) is 7.25. The van der Waals surface area contributed by atoms with Crippen molar-refractivity contribution in [1.82, 2.24) is 10.6 Å². The Bertz CT molecular complexity index is 592. The molecule has 0 aliphatic heterocycles. The second-order valence-electron chi connectivity index (χ2n) is 5.27. The molecule has 0 bridgehead atoms. The van der Waals surface area contributed by atoms with Crippen LogP contribution in [0.5, 0.6) is 0 Å². The summed E-state index contributed by atoms with van der Waals surface area (Å²) in [7, 11) is 0. The Kier molecular flexibility index (Phi) is 9.29. The van der Waals surface area contributed by atoms with Crippen LogP contribution in [0.2, 0.25) is 0 Å². The summed E-state index contributed by atoms with van der Waals surface area (Å²) in [6.07, 6.45) is -2.36. The molecule has 0 rings (SSSR count). The zero-order valence-electron chi connectivity index (χ0n) is 13.5. The van der Waals surface area contributed by atoms with Crippen LogP contribution >= 0.6 is 0 Å². The van der Waals surface area contributed by atoms with Gasteiger partial charge in [0, 0.05) is 6.42 Å². The average Bonchev–Trinajstić information content (AvgIpc) is 2.48. The fraction of sp³-hybridized carbons (Fsp3) is 0.538. The van der Waals surface area contributed by atoms with E-state index in [2.05, 4.69) is 0 Å². The largest absolute Gasteiger partial charge is 0.481 e. The Hall–Kier alpha value is -3.22. The summed E-state index contributed by atoms with van der Waals surface area (Å²) in [4.78, 5) is 67.0. The van der Waals surface area contributed by atoms with Crippen LogP contribution in [0.4, 0.5) is 0 Å². The summed E-state index contributed by atoms with van der Waals surface area (Å²) in [5.41, 5.74) is 10.2. The Morgan fingerprint density at radius 3 is 1.73 bits per heavy atom. The van der Waals surface area contributed by atoms with Gasteiger partial charge in [-0.25, -0.2) is 4.79 Å². The fourth-order valence-corrected chi connectivity index (χ4v) is 1.76. The van der Waals surface area contributed by atoms with Crippen LogP contribution < -0.4 is 22.1 Å². The fourth-order valence-electron chi connectivity index (χ4n) is 1.76. The number of nitrogens with one attached hydrogen (secondary N) is 2. The molecule has 0 saturated heterocycles. The smallest absolute Gasteiger partial charge is 0.326 e. The molecule has 0 radical (unpaired) electrons. The lowest BCUT2D eigenvalue weighted by Crippen LogP contribution is -2.55. The van der Waals surface area contributed by atoms with Crippen molar-refractivity contribution in [3.05, 3.63) is 0 Å². The number of hydrogen-bond acceptors (Lipinski definition) is 7. The number of primary amides is 1. The quantitative estimate of drug-likeness (QED) is 0.178. The number of rotatable bonds is 12. The summed E-state index contributed by atoms with van der Waals surface area (Å²) >= 11 is 0. The maximum absolute atomic E-state index is 12.1. The van der Waals surface area contributed by atoms with Crippen LogP contribution in [0.3, 0.4) is 0 Å². The van der Waals surface area contributed by atoms with E-state index in [0.29, 0.717) is 0 Å². The van der Waals surface area contributed by atoms with Crippen LogP contribution in [-0.2, 0) is 28.8 Å². The summed E-state index contributed by atoms with van der Waals surface area (Å²) < 4.78 is 0. The molecule has 0 spiro atoms. The lowest BCUT2D eigenvalue weighted by atomic mass is 10.1. The SMILES string of the molecule is NC(=O)CC[C@H](NC(=O)[C@H](CC(=O)O)NC(=O)[C@@H](N)CC(=O)O)C(=O)O. The topological polar surface area (TPSA) is 239 Å². The molecule has 3 atom stereocenters. The number of hydrogen-bond donors (Lipinski definition) is 7. The number of amides is 3. The van der Waals surface area contributed by atoms with E-state index in [-0.39, 0.29) is 12.8 Å². The van der Waals surface area contributed by atoms with Crippen molar-refractivity contribution in [2.45, 2.75) is 43.8 Å². The molecule has 0 aromatic heterocycles. The second-order valence-corrected chi connectivity index (χ2v) is 5.27. The monoisotopic (exact) mass is 376 g/mol. The molecule has 0 unspecified atom stereocenters. The molecule has 9 N–H and O–H groups in total. The van der Waals surface area contributed by atoms with Crippen molar-refractivity contribution in [3.63, 3.8) is 0 Å². The third kappa shape index (κ3) is 9.17. The summed E-state index contributed by atoms with van der Waals surface area (Å²) in [6.45, 7) is 0. The molecule has 13 heteroatoms. The maximum atomic E-state index is 12.1. The first kappa shape index (κ1) is 22.8. The van der Waals surface area contributed by atoms with Gasteiger partial charge >= 0.3 is 17.9 Å². The molecule has 0 aromatic carbocycles. The van der Waals surface area contributed by atoms with E-state index in [0.717, 1.165) is 0 Å². The van der Waals surface area contributed by atoms with Crippen molar-refractivity contribution in [3.8, 4) is 0 Å².